The van der Waals surface area contributed by atoms with E-state index in [9.17, 15) is 13.2 Å². The standard InChI is InChI=1S/C15H21F3N2O/c1-11-3-2-8-20(14(11)9-19)10-12-4-6-13(7-5-12)21-15(16,17)18/h4-7,11,14H,2-3,8-10,19H2,1H3. The second-order valence-corrected chi connectivity index (χ2v) is 5.58. The van der Waals surface area contributed by atoms with Gasteiger partial charge in [0.05, 0.1) is 0 Å². The molecule has 1 heterocycles. The van der Waals surface area contributed by atoms with E-state index in [0.29, 0.717) is 25.0 Å². The largest absolute Gasteiger partial charge is 0.573 e. The molecule has 2 unspecified atom stereocenters. The molecule has 1 saturated heterocycles. The van der Waals surface area contributed by atoms with Crippen molar-refractivity contribution in [3.05, 3.63) is 29.8 Å². The van der Waals surface area contributed by atoms with Gasteiger partial charge in [-0.1, -0.05) is 19.1 Å². The number of alkyl halides is 3. The van der Waals surface area contributed by atoms with Gasteiger partial charge in [0.1, 0.15) is 5.75 Å². The lowest BCUT2D eigenvalue weighted by Gasteiger charge is -2.39. The average molecular weight is 302 g/mol. The number of ether oxygens (including phenoxy) is 1. The topological polar surface area (TPSA) is 38.5 Å². The number of hydrogen-bond acceptors (Lipinski definition) is 3. The summed E-state index contributed by atoms with van der Waals surface area (Å²) in [5, 5.41) is 0. The number of nitrogens with two attached hydrogens (primary N) is 1. The first-order valence-electron chi connectivity index (χ1n) is 7.18. The lowest BCUT2D eigenvalue weighted by molar-refractivity contribution is -0.274. The minimum atomic E-state index is -4.64. The van der Waals surface area contributed by atoms with Crippen LogP contribution in [0.5, 0.6) is 5.75 Å². The molecule has 3 nitrogen and oxygen atoms in total. The van der Waals surface area contributed by atoms with Gasteiger partial charge in [-0.05, 0) is 43.0 Å². The first kappa shape index (κ1) is 16.1. The Morgan fingerprint density at radius 3 is 2.52 bits per heavy atom. The maximum Gasteiger partial charge on any atom is 0.573 e. The number of halogens is 3. The van der Waals surface area contributed by atoms with Crippen molar-refractivity contribution in [2.75, 3.05) is 13.1 Å². The summed E-state index contributed by atoms with van der Waals surface area (Å²) in [6.07, 6.45) is -2.34. The molecule has 2 N–H and O–H groups in total. The summed E-state index contributed by atoms with van der Waals surface area (Å²) in [5.74, 6) is 0.366. The lowest BCUT2D eigenvalue weighted by Crippen LogP contribution is -2.47. The van der Waals surface area contributed by atoms with E-state index in [1.165, 1.54) is 18.6 Å². The van der Waals surface area contributed by atoms with Gasteiger partial charge in [-0.3, -0.25) is 4.90 Å². The van der Waals surface area contributed by atoms with E-state index in [2.05, 4.69) is 16.6 Å². The van der Waals surface area contributed by atoms with Crippen LogP contribution in [-0.2, 0) is 6.54 Å². The molecule has 0 amide bonds. The molecule has 1 aliphatic heterocycles. The van der Waals surface area contributed by atoms with Gasteiger partial charge >= 0.3 is 6.36 Å². The highest BCUT2D eigenvalue weighted by Crippen LogP contribution is 2.26. The molecule has 2 rings (SSSR count). The molecular weight excluding hydrogens is 281 g/mol. The minimum absolute atomic E-state index is 0.186. The summed E-state index contributed by atoms with van der Waals surface area (Å²) in [6, 6.07) is 6.40. The van der Waals surface area contributed by atoms with E-state index in [-0.39, 0.29) is 5.75 Å². The number of hydrogen-bond donors (Lipinski definition) is 1. The fraction of sp³-hybridized carbons (Fsp3) is 0.600. The molecule has 1 aromatic carbocycles. The Labute approximate surface area is 122 Å². The zero-order valence-electron chi connectivity index (χ0n) is 12.1. The highest BCUT2D eigenvalue weighted by Gasteiger charge is 2.31. The Morgan fingerprint density at radius 1 is 1.29 bits per heavy atom. The third-order valence-electron chi connectivity index (χ3n) is 4.01. The van der Waals surface area contributed by atoms with Gasteiger partial charge in [-0.2, -0.15) is 0 Å². The molecule has 0 spiro atoms. The Morgan fingerprint density at radius 2 is 1.95 bits per heavy atom. The van der Waals surface area contributed by atoms with Gasteiger partial charge in [-0.25, -0.2) is 0 Å². The summed E-state index contributed by atoms with van der Waals surface area (Å²) in [4.78, 5) is 2.31. The van der Waals surface area contributed by atoms with E-state index in [4.69, 9.17) is 5.73 Å². The lowest BCUT2D eigenvalue weighted by atomic mass is 9.90. The molecule has 0 radical (unpaired) electrons. The Bertz CT molecular complexity index is 447. The molecule has 0 bridgehead atoms. The van der Waals surface area contributed by atoms with Gasteiger partial charge in [0.15, 0.2) is 0 Å². The molecule has 1 fully saturated rings. The molecule has 1 aliphatic rings. The first-order chi connectivity index (χ1) is 9.89. The third kappa shape index (κ3) is 4.61. The molecule has 0 aromatic heterocycles. The molecule has 0 saturated carbocycles. The average Bonchev–Trinajstić information content (AvgIpc) is 2.40. The van der Waals surface area contributed by atoms with Crippen molar-refractivity contribution in [1.82, 2.24) is 4.90 Å². The predicted molar refractivity (Wildman–Crippen MR) is 74.8 cm³/mol. The van der Waals surface area contributed by atoms with Crippen molar-refractivity contribution in [3.8, 4) is 5.75 Å². The Balaban J connectivity index is 1.99. The normalized spacial score (nSPS) is 24.0. The number of rotatable bonds is 4. The number of likely N-dealkylation sites (tertiary alicyclic amines) is 1. The molecule has 1 aromatic rings. The Hall–Kier alpha value is -1.27. The SMILES string of the molecule is CC1CCCN(Cc2ccc(OC(F)(F)F)cc2)C1CN. The van der Waals surface area contributed by atoms with Crippen LogP contribution < -0.4 is 10.5 Å². The van der Waals surface area contributed by atoms with E-state index >= 15 is 0 Å². The summed E-state index contributed by atoms with van der Waals surface area (Å²) in [6.45, 7) is 4.49. The molecule has 118 valence electrons. The molecule has 0 aliphatic carbocycles. The smallest absolute Gasteiger partial charge is 0.406 e. The van der Waals surface area contributed by atoms with Crippen LogP contribution >= 0.6 is 0 Å². The number of piperidine rings is 1. The molecular formula is C15H21F3N2O. The van der Waals surface area contributed by atoms with Crippen molar-refractivity contribution < 1.29 is 17.9 Å². The fourth-order valence-electron chi connectivity index (χ4n) is 2.94. The fourth-order valence-corrected chi connectivity index (χ4v) is 2.94. The Kier molecular flexibility index (Phi) is 5.11. The zero-order valence-corrected chi connectivity index (χ0v) is 12.1. The molecule has 21 heavy (non-hydrogen) atoms. The highest BCUT2D eigenvalue weighted by molar-refractivity contribution is 5.27. The van der Waals surface area contributed by atoms with Crippen molar-refractivity contribution in [2.24, 2.45) is 11.7 Å². The van der Waals surface area contributed by atoms with Crippen molar-refractivity contribution in [3.63, 3.8) is 0 Å². The van der Waals surface area contributed by atoms with Crippen LogP contribution in [-0.4, -0.2) is 30.4 Å². The van der Waals surface area contributed by atoms with Gasteiger partial charge in [0.2, 0.25) is 0 Å². The third-order valence-corrected chi connectivity index (χ3v) is 4.01. The summed E-state index contributed by atoms with van der Waals surface area (Å²) < 4.78 is 40.2. The van der Waals surface area contributed by atoms with Crippen LogP contribution in [0.15, 0.2) is 24.3 Å². The number of nitrogens with zero attached hydrogens (tertiary/aromatic N) is 1. The van der Waals surface area contributed by atoms with Crippen LogP contribution in [0.2, 0.25) is 0 Å². The van der Waals surface area contributed by atoms with E-state index in [1.807, 2.05) is 0 Å². The predicted octanol–water partition coefficient (Wildman–Crippen LogP) is 3.14. The second-order valence-electron chi connectivity index (χ2n) is 5.58. The van der Waals surface area contributed by atoms with E-state index in [1.54, 1.807) is 12.1 Å². The highest BCUT2D eigenvalue weighted by atomic mass is 19.4. The van der Waals surface area contributed by atoms with Crippen LogP contribution in [0.3, 0.4) is 0 Å². The monoisotopic (exact) mass is 302 g/mol. The van der Waals surface area contributed by atoms with Crippen LogP contribution in [0.25, 0.3) is 0 Å². The zero-order chi connectivity index (χ0) is 15.5. The van der Waals surface area contributed by atoms with Crippen molar-refractivity contribution >= 4 is 0 Å². The first-order valence-corrected chi connectivity index (χ1v) is 7.18. The van der Waals surface area contributed by atoms with E-state index in [0.717, 1.165) is 18.5 Å². The van der Waals surface area contributed by atoms with Crippen LogP contribution in [0, 0.1) is 5.92 Å². The summed E-state index contributed by atoms with van der Waals surface area (Å²) in [5.41, 5.74) is 6.81. The molecule has 6 heteroatoms. The minimum Gasteiger partial charge on any atom is -0.406 e. The quantitative estimate of drug-likeness (QED) is 0.928. The van der Waals surface area contributed by atoms with E-state index < -0.39 is 6.36 Å². The maximum absolute atomic E-state index is 12.1. The van der Waals surface area contributed by atoms with Gasteiger partial charge in [-0.15, -0.1) is 13.2 Å². The van der Waals surface area contributed by atoms with Crippen molar-refractivity contribution in [2.45, 2.75) is 38.7 Å². The van der Waals surface area contributed by atoms with Gasteiger partial charge in [0.25, 0.3) is 0 Å². The second kappa shape index (κ2) is 6.66. The van der Waals surface area contributed by atoms with Gasteiger partial charge < -0.3 is 10.5 Å². The summed E-state index contributed by atoms with van der Waals surface area (Å²) in [7, 11) is 0. The maximum atomic E-state index is 12.1. The number of benzene rings is 1. The summed E-state index contributed by atoms with van der Waals surface area (Å²) >= 11 is 0. The van der Waals surface area contributed by atoms with Crippen LogP contribution in [0.4, 0.5) is 13.2 Å². The van der Waals surface area contributed by atoms with Crippen LogP contribution in [0.1, 0.15) is 25.3 Å². The van der Waals surface area contributed by atoms with Crippen molar-refractivity contribution in [1.29, 1.82) is 0 Å². The van der Waals surface area contributed by atoms with Gasteiger partial charge in [0, 0.05) is 19.1 Å². The molecule has 2 atom stereocenters.